The highest BCUT2D eigenvalue weighted by atomic mass is 16.5. The van der Waals surface area contributed by atoms with Crippen LogP contribution in [0.25, 0.3) is 11.3 Å². The lowest BCUT2D eigenvalue weighted by atomic mass is 10.1. The van der Waals surface area contributed by atoms with Gasteiger partial charge in [-0.15, -0.1) is 0 Å². The van der Waals surface area contributed by atoms with Crippen molar-refractivity contribution < 1.29 is 9.32 Å². The molecule has 0 aliphatic rings. The summed E-state index contributed by atoms with van der Waals surface area (Å²) in [5.74, 6) is 6.33. The van der Waals surface area contributed by atoms with E-state index >= 15 is 0 Å². The molecule has 3 aromatic carbocycles. The maximum Gasteiger partial charge on any atom is 0.304 e. The first-order valence-corrected chi connectivity index (χ1v) is 9.24. The number of amides is 1. The first-order chi connectivity index (χ1) is 14.3. The number of benzene rings is 3. The minimum absolute atomic E-state index is 0.342. The number of hydrogen-bond acceptors (Lipinski definition) is 3. The van der Waals surface area contributed by atoms with E-state index < -0.39 is 0 Å². The van der Waals surface area contributed by atoms with Gasteiger partial charge in [0.1, 0.15) is 0 Å². The number of carbonyl (C=O) groups is 1. The first-order valence-electron chi connectivity index (χ1n) is 9.24. The van der Waals surface area contributed by atoms with Gasteiger partial charge in [0.05, 0.1) is 6.54 Å². The lowest BCUT2D eigenvalue weighted by molar-refractivity contribution is -0.113. The molecule has 0 bridgehead atoms. The van der Waals surface area contributed by atoms with Crippen molar-refractivity contribution in [2.24, 2.45) is 0 Å². The molecule has 0 aliphatic heterocycles. The highest BCUT2D eigenvalue weighted by Crippen LogP contribution is 2.25. The van der Waals surface area contributed by atoms with Crippen LogP contribution < -0.4 is 4.90 Å². The number of aromatic nitrogens is 1. The molecule has 0 saturated heterocycles. The van der Waals surface area contributed by atoms with Crippen molar-refractivity contribution in [3.05, 3.63) is 108 Å². The topological polar surface area (TPSA) is 46.3 Å². The minimum Gasteiger partial charge on any atom is -0.354 e. The Balaban J connectivity index is 1.65. The van der Waals surface area contributed by atoms with Gasteiger partial charge in [0.15, 0.2) is 11.6 Å². The number of anilines is 1. The fourth-order valence-electron chi connectivity index (χ4n) is 2.87. The summed E-state index contributed by atoms with van der Waals surface area (Å²) in [6.45, 7) is 0.351. The van der Waals surface area contributed by atoms with Crippen molar-refractivity contribution >= 4 is 11.7 Å². The van der Waals surface area contributed by atoms with E-state index in [4.69, 9.17) is 4.52 Å². The van der Waals surface area contributed by atoms with E-state index in [1.807, 2.05) is 91.0 Å². The fourth-order valence-corrected chi connectivity index (χ4v) is 2.87. The van der Waals surface area contributed by atoms with Gasteiger partial charge in [-0.25, -0.2) is 0 Å². The molecule has 0 N–H and O–H groups in total. The van der Waals surface area contributed by atoms with Gasteiger partial charge in [0.2, 0.25) is 0 Å². The van der Waals surface area contributed by atoms with E-state index in [0.29, 0.717) is 18.1 Å². The molecule has 4 heteroatoms. The van der Waals surface area contributed by atoms with Crippen molar-refractivity contribution in [2.45, 2.75) is 6.54 Å². The largest absolute Gasteiger partial charge is 0.354 e. The van der Waals surface area contributed by atoms with Crippen molar-refractivity contribution in [3.8, 4) is 23.2 Å². The minimum atomic E-state index is -0.342. The second kappa shape index (κ2) is 8.73. The Morgan fingerprint density at radius 1 is 0.862 bits per heavy atom. The highest BCUT2D eigenvalue weighted by Gasteiger charge is 2.19. The van der Waals surface area contributed by atoms with Gasteiger partial charge in [-0.2, -0.15) is 0 Å². The van der Waals surface area contributed by atoms with E-state index in [1.165, 1.54) is 4.90 Å². The van der Waals surface area contributed by atoms with Crippen LogP contribution in [0.4, 0.5) is 5.82 Å². The summed E-state index contributed by atoms with van der Waals surface area (Å²) in [4.78, 5) is 14.5. The van der Waals surface area contributed by atoms with Gasteiger partial charge in [0, 0.05) is 23.1 Å². The molecular formula is C25H18N2O2. The zero-order valence-electron chi connectivity index (χ0n) is 15.7. The molecule has 0 saturated carbocycles. The van der Waals surface area contributed by atoms with E-state index in [1.54, 1.807) is 6.07 Å². The van der Waals surface area contributed by atoms with Crippen LogP contribution in [0.15, 0.2) is 102 Å². The molecule has 0 aliphatic carbocycles. The lowest BCUT2D eigenvalue weighted by Gasteiger charge is -2.16. The van der Waals surface area contributed by atoms with Crippen LogP contribution in [0.2, 0.25) is 0 Å². The zero-order valence-corrected chi connectivity index (χ0v) is 15.7. The van der Waals surface area contributed by atoms with Gasteiger partial charge < -0.3 is 4.52 Å². The number of nitrogens with zero attached hydrogens (tertiary/aromatic N) is 2. The van der Waals surface area contributed by atoms with E-state index in [-0.39, 0.29) is 5.91 Å². The molecule has 29 heavy (non-hydrogen) atoms. The van der Waals surface area contributed by atoms with Gasteiger partial charge in [-0.3, -0.25) is 9.69 Å². The number of hydrogen-bond donors (Lipinski definition) is 0. The van der Waals surface area contributed by atoms with Crippen molar-refractivity contribution in [2.75, 3.05) is 4.90 Å². The standard InChI is InChI=1S/C25H18N2O2/c28-25(17-16-20-10-4-1-5-11-20)27(19-21-12-6-2-7-13-21)24-18-23(29-26-24)22-14-8-3-9-15-22/h1-15,18H,19H2. The van der Waals surface area contributed by atoms with Crippen LogP contribution in [0.5, 0.6) is 0 Å². The van der Waals surface area contributed by atoms with Crippen molar-refractivity contribution in [1.82, 2.24) is 5.16 Å². The quantitative estimate of drug-likeness (QED) is 0.473. The summed E-state index contributed by atoms with van der Waals surface area (Å²) < 4.78 is 5.49. The third-order valence-electron chi connectivity index (χ3n) is 4.35. The van der Waals surface area contributed by atoms with Crippen LogP contribution in [-0.2, 0) is 11.3 Å². The lowest BCUT2D eigenvalue weighted by Crippen LogP contribution is -2.29. The predicted octanol–water partition coefficient (Wildman–Crippen LogP) is 4.93. The van der Waals surface area contributed by atoms with Crippen LogP contribution in [0, 0.1) is 11.8 Å². The first kappa shape index (κ1) is 18.3. The Hall–Kier alpha value is -4.10. The summed E-state index contributed by atoms with van der Waals surface area (Å²) in [5.41, 5.74) is 2.66. The highest BCUT2D eigenvalue weighted by molar-refractivity contribution is 6.05. The SMILES string of the molecule is O=C(C#Cc1ccccc1)N(Cc1ccccc1)c1cc(-c2ccccc2)on1. The molecule has 0 spiro atoms. The molecule has 0 unspecified atom stereocenters. The summed E-state index contributed by atoms with van der Waals surface area (Å²) in [6, 6.07) is 30.6. The van der Waals surface area contributed by atoms with Crippen LogP contribution in [-0.4, -0.2) is 11.1 Å². The van der Waals surface area contributed by atoms with Crippen LogP contribution >= 0.6 is 0 Å². The fraction of sp³-hybridized carbons (Fsp3) is 0.0400. The Morgan fingerprint density at radius 2 is 1.48 bits per heavy atom. The summed E-state index contributed by atoms with van der Waals surface area (Å²) in [6.07, 6.45) is 0. The van der Waals surface area contributed by atoms with Crippen molar-refractivity contribution in [1.29, 1.82) is 0 Å². The molecule has 1 heterocycles. The zero-order chi connectivity index (χ0) is 19.9. The second-order valence-electron chi connectivity index (χ2n) is 6.41. The Bertz CT molecular complexity index is 1140. The maximum atomic E-state index is 12.9. The molecule has 4 nitrogen and oxygen atoms in total. The number of carbonyl (C=O) groups excluding carboxylic acids is 1. The monoisotopic (exact) mass is 378 g/mol. The van der Waals surface area contributed by atoms with Gasteiger partial charge in [-0.05, 0) is 17.7 Å². The van der Waals surface area contributed by atoms with Gasteiger partial charge in [0.25, 0.3) is 0 Å². The Kier molecular flexibility index (Phi) is 5.50. The molecule has 4 rings (SSSR count). The number of rotatable bonds is 4. The third kappa shape index (κ3) is 4.60. The summed E-state index contributed by atoms with van der Waals surface area (Å²) in [7, 11) is 0. The summed E-state index contributed by atoms with van der Waals surface area (Å²) in [5, 5.41) is 4.13. The molecule has 0 fully saturated rings. The van der Waals surface area contributed by atoms with E-state index in [9.17, 15) is 4.79 Å². The molecule has 4 aromatic rings. The molecular weight excluding hydrogens is 360 g/mol. The van der Waals surface area contributed by atoms with Crippen LogP contribution in [0.3, 0.4) is 0 Å². The second-order valence-corrected chi connectivity index (χ2v) is 6.41. The normalized spacial score (nSPS) is 10.1. The summed E-state index contributed by atoms with van der Waals surface area (Å²) >= 11 is 0. The molecule has 140 valence electrons. The Morgan fingerprint density at radius 3 is 2.17 bits per heavy atom. The molecule has 0 radical (unpaired) electrons. The Labute approximate surface area is 169 Å². The third-order valence-corrected chi connectivity index (χ3v) is 4.35. The van der Waals surface area contributed by atoms with Crippen LogP contribution in [0.1, 0.15) is 11.1 Å². The average Bonchev–Trinajstić information content (AvgIpc) is 3.28. The van der Waals surface area contributed by atoms with E-state index in [2.05, 4.69) is 17.0 Å². The van der Waals surface area contributed by atoms with Gasteiger partial charge in [-0.1, -0.05) is 89.9 Å². The molecule has 0 atom stereocenters. The smallest absolute Gasteiger partial charge is 0.304 e. The average molecular weight is 378 g/mol. The maximum absolute atomic E-state index is 12.9. The van der Waals surface area contributed by atoms with E-state index in [0.717, 1.165) is 16.7 Å². The predicted molar refractivity (Wildman–Crippen MR) is 113 cm³/mol. The molecule has 1 aromatic heterocycles. The van der Waals surface area contributed by atoms with Crippen molar-refractivity contribution in [3.63, 3.8) is 0 Å². The van der Waals surface area contributed by atoms with Gasteiger partial charge >= 0.3 is 5.91 Å². The molecule has 1 amide bonds.